The molecular formula is C13H15N3S. The molecule has 2 rings (SSSR count). The fourth-order valence-corrected chi connectivity index (χ4v) is 2.07. The van der Waals surface area contributed by atoms with Crippen molar-refractivity contribution in [2.75, 3.05) is 0 Å². The van der Waals surface area contributed by atoms with Gasteiger partial charge in [-0.15, -0.1) is 0 Å². The standard InChI is InChI=1S/C13H15N3S/c1-9-7-15-13(16-8-9)17-12-5-3-11(4-6-12)10(2)14/h3-8,10H,14H2,1-2H3. The number of benzene rings is 1. The Kier molecular flexibility index (Phi) is 3.76. The fourth-order valence-electron chi connectivity index (χ4n) is 1.38. The Hall–Kier alpha value is -1.39. The number of nitrogens with zero attached hydrogens (tertiary/aromatic N) is 2. The van der Waals surface area contributed by atoms with Gasteiger partial charge in [-0.1, -0.05) is 12.1 Å². The zero-order valence-corrected chi connectivity index (χ0v) is 10.7. The predicted molar refractivity (Wildman–Crippen MR) is 69.9 cm³/mol. The maximum Gasteiger partial charge on any atom is 0.192 e. The second-order valence-electron chi connectivity index (χ2n) is 4.00. The minimum Gasteiger partial charge on any atom is -0.324 e. The molecule has 1 heterocycles. The SMILES string of the molecule is Cc1cnc(Sc2ccc(C(C)N)cc2)nc1. The first-order chi connectivity index (χ1) is 8.15. The number of rotatable bonds is 3. The summed E-state index contributed by atoms with van der Waals surface area (Å²) in [4.78, 5) is 9.64. The van der Waals surface area contributed by atoms with Crippen molar-refractivity contribution < 1.29 is 0 Å². The highest BCUT2D eigenvalue weighted by atomic mass is 32.2. The maximum atomic E-state index is 5.80. The van der Waals surface area contributed by atoms with E-state index in [0.29, 0.717) is 0 Å². The van der Waals surface area contributed by atoms with Crippen molar-refractivity contribution in [1.29, 1.82) is 0 Å². The topological polar surface area (TPSA) is 51.8 Å². The van der Waals surface area contributed by atoms with Crippen LogP contribution >= 0.6 is 11.8 Å². The van der Waals surface area contributed by atoms with Crippen LogP contribution in [0.4, 0.5) is 0 Å². The molecule has 0 aliphatic carbocycles. The van der Waals surface area contributed by atoms with Gasteiger partial charge in [0.25, 0.3) is 0 Å². The van der Waals surface area contributed by atoms with Crippen LogP contribution in [0.25, 0.3) is 0 Å². The summed E-state index contributed by atoms with van der Waals surface area (Å²) in [6.07, 6.45) is 3.65. The summed E-state index contributed by atoms with van der Waals surface area (Å²) in [6.45, 7) is 3.96. The van der Waals surface area contributed by atoms with E-state index in [9.17, 15) is 0 Å². The quantitative estimate of drug-likeness (QED) is 0.845. The highest BCUT2D eigenvalue weighted by Crippen LogP contribution is 2.25. The van der Waals surface area contributed by atoms with Gasteiger partial charge in [-0.3, -0.25) is 0 Å². The van der Waals surface area contributed by atoms with Crippen LogP contribution in [0.2, 0.25) is 0 Å². The number of aromatic nitrogens is 2. The Labute approximate surface area is 105 Å². The van der Waals surface area contributed by atoms with Crippen LogP contribution in [-0.4, -0.2) is 9.97 Å². The summed E-state index contributed by atoms with van der Waals surface area (Å²) in [5, 5.41) is 0.768. The highest BCUT2D eigenvalue weighted by molar-refractivity contribution is 7.99. The lowest BCUT2D eigenvalue weighted by Crippen LogP contribution is -2.04. The summed E-state index contributed by atoms with van der Waals surface area (Å²) < 4.78 is 0. The summed E-state index contributed by atoms with van der Waals surface area (Å²) in [6, 6.07) is 8.26. The monoisotopic (exact) mass is 245 g/mol. The summed E-state index contributed by atoms with van der Waals surface area (Å²) >= 11 is 1.55. The van der Waals surface area contributed by atoms with Gasteiger partial charge in [0, 0.05) is 23.3 Å². The fraction of sp³-hybridized carbons (Fsp3) is 0.231. The molecule has 0 saturated heterocycles. The molecule has 1 unspecified atom stereocenters. The zero-order valence-electron chi connectivity index (χ0n) is 9.92. The highest BCUT2D eigenvalue weighted by Gasteiger charge is 2.02. The van der Waals surface area contributed by atoms with Gasteiger partial charge < -0.3 is 5.73 Å². The Morgan fingerprint density at radius 1 is 1.12 bits per heavy atom. The molecule has 1 aromatic carbocycles. The minimum absolute atomic E-state index is 0.0738. The summed E-state index contributed by atoms with van der Waals surface area (Å²) in [5.74, 6) is 0. The molecule has 0 fully saturated rings. The molecule has 2 aromatic rings. The Morgan fingerprint density at radius 3 is 2.24 bits per heavy atom. The molecule has 17 heavy (non-hydrogen) atoms. The Balaban J connectivity index is 2.11. The lowest BCUT2D eigenvalue weighted by Gasteiger charge is -2.06. The molecule has 2 N–H and O–H groups in total. The maximum absolute atomic E-state index is 5.80. The van der Waals surface area contributed by atoms with Gasteiger partial charge in [0.05, 0.1) is 0 Å². The van der Waals surface area contributed by atoms with Gasteiger partial charge in [-0.25, -0.2) is 9.97 Å². The largest absolute Gasteiger partial charge is 0.324 e. The van der Waals surface area contributed by atoms with Gasteiger partial charge in [-0.2, -0.15) is 0 Å². The third-order valence-electron chi connectivity index (χ3n) is 2.37. The predicted octanol–water partition coefficient (Wildman–Crippen LogP) is 2.96. The molecule has 3 nitrogen and oxygen atoms in total. The molecule has 0 bridgehead atoms. The van der Waals surface area contributed by atoms with Gasteiger partial charge in [0.15, 0.2) is 5.16 Å². The molecule has 0 aliphatic heterocycles. The van der Waals surface area contributed by atoms with E-state index >= 15 is 0 Å². The van der Waals surface area contributed by atoms with E-state index in [1.165, 1.54) is 0 Å². The van der Waals surface area contributed by atoms with Crippen molar-refractivity contribution in [3.05, 3.63) is 47.8 Å². The molecule has 0 spiro atoms. The third kappa shape index (κ3) is 3.28. The summed E-state index contributed by atoms with van der Waals surface area (Å²) in [5.41, 5.74) is 8.01. The van der Waals surface area contributed by atoms with E-state index in [2.05, 4.69) is 9.97 Å². The van der Waals surface area contributed by atoms with Crippen LogP contribution in [0.5, 0.6) is 0 Å². The lowest BCUT2D eigenvalue weighted by molar-refractivity contribution is 0.817. The van der Waals surface area contributed by atoms with Crippen molar-refractivity contribution in [1.82, 2.24) is 9.97 Å². The zero-order chi connectivity index (χ0) is 12.3. The lowest BCUT2D eigenvalue weighted by atomic mass is 10.1. The van der Waals surface area contributed by atoms with Crippen molar-refractivity contribution in [2.24, 2.45) is 5.73 Å². The van der Waals surface area contributed by atoms with E-state index in [1.54, 1.807) is 11.8 Å². The second-order valence-corrected chi connectivity index (χ2v) is 5.04. The molecule has 88 valence electrons. The van der Waals surface area contributed by atoms with Crippen molar-refractivity contribution >= 4 is 11.8 Å². The number of nitrogens with two attached hydrogens (primary N) is 1. The van der Waals surface area contributed by atoms with Crippen LogP contribution < -0.4 is 5.73 Å². The third-order valence-corrected chi connectivity index (χ3v) is 3.27. The van der Waals surface area contributed by atoms with Crippen molar-refractivity contribution in [3.8, 4) is 0 Å². The normalized spacial score (nSPS) is 12.4. The van der Waals surface area contributed by atoms with Gasteiger partial charge in [0.2, 0.25) is 0 Å². The second kappa shape index (κ2) is 5.29. The smallest absolute Gasteiger partial charge is 0.192 e. The Bertz CT molecular complexity index is 477. The number of hydrogen-bond acceptors (Lipinski definition) is 4. The van der Waals surface area contributed by atoms with Gasteiger partial charge >= 0.3 is 0 Å². The average molecular weight is 245 g/mol. The van der Waals surface area contributed by atoms with Crippen LogP contribution in [0, 0.1) is 6.92 Å². The first-order valence-electron chi connectivity index (χ1n) is 5.47. The van der Waals surface area contributed by atoms with Crippen LogP contribution in [0.3, 0.4) is 0 Å². The molecule has 1 aromatic heterocycles. The molecule has 0 aliphatic rings. The average Bonchev–Trinajstić information content (AvgIpc) is 2.33. The molecule has 0 amide bonds. The van der Waals surface area contributed by atoms with Gasteiger partial charge in [0.1, 0.15) is 0 Å². The number of aryl methyl sites for hydroxylation is 1. The molecule has 4 heteroatoms. The van der Waals surface area contributed by atoms with E-state index < -0.39 is 0 Å². The summed E-state index contributed by atoms with van der Waals surface area (Å²) in [7, 11) is 0. The van der Waals surface area contributed by atoms with E-state index in [4.69, 9.17) is 5.73 Å². The first-order valence-corrected chi connectivity index (χ1v) is 6.29. The van der Waals surface area contributed by atoms with Crippen LogP contribution in [-0.2, 0) is 0 Å². The minimum atomic E-state index is 0.0738. The van der Waals surface area contributed by atoms with E-state index in [0.717, 1.165) is 21.2 Å². The number of hydrogen-bond donors (Lipinski definition) is 1. The van der Waals surface area contributed by atoms with Crippen LogP contribution in [0.1, 0.15) is 24.1 Å². The van der Waals surface area contributed by atoms with E-state index in [1.807, 2.05) is 50.5 Å². The Morgan fingerprint density at radius 2 is 1.71 bits per heavy atom. The molecule has 0 saturated carbocycles. The first kappa shape index (κ1) is 12.1. The van der Waals surface area contributed by atoms with Crippen LogP contribution in [0.15, 0.2) is 46.7 Å². The van der Waals surface area contributed by atoms with Crippen molar-refractivity contribution in [2.45, 2.75) is 29.9 Å². The van der Waals surface area contributed by atoms with Crippen molar-refractivity contribution in [3.63, 3.8) is 0 Å². The van der Waals surface area contributed by atoms with Gasteiger partial charge in [-0.05, 0) is 48.9 Å². The molecule has 0 radical (unpaired) electrons. The molecular weight excluding hydrogens is 230 g/mol. The van der Waals surface area contributed by atoms with E-state index in [-0.39, 0.29) is 6.04 Å². The molecule has 1 atom stereocenters.